The van der Waals surface area contributed by atoms with E-state index in [0.717, 1.165) is 10.4 Å². The Labute approximate surface area is 174 Å². The first-order valence-electron chi connectivity index (χ1n) is 8.77. The van der Waals surface area contributed by atoms with Crippen LogP contribution in [0.15, 0.2) is 47.8 Å². The summed E-state index contributed by atoms with van der Waals surface area (Å²) in [5, 5.41) is 1.99. The summed E-state index contributed by atoms with van der Waals surface area (Å²) in [6, 6.07) is 13.8. The van der Waals surface area contributed by atoms with Crippen molar-refractivity contribution in [2.45, 2.75) is 31.8 Å². The molecule has 0 fully saturated rings. The Bertz CT molecular complexity index is 721. The molecule has 2 rings (SSSR count). The number of alkyl halides is 2. The van der Waals surface area contributed by atoms with E-state index in [1.165, 1.54) is 4.90 Å². The number of hydrogen-bond acceptors (Lipinski definition) is 3. The molecular weight excluding hydrogens is 403 g/mol. The van der Waals surface area contributed by atoms with Crippen LogP contribution in [-0.4, -0.2) is 39.5 Å². The van der Waals surface area contributed by atoms with Crippen molar-refractivity contribution in [3.8, 4) is 0 Å². The Morgan fingerprint density at radius 3 is 2.26 bits per heavy atom. The highest BCUT2D eigenvalue weighted by atomic mass is 35.5. The maximum absolute atomic E-state index is 13.0. The molecule has 146 valence electrons. The Morgan fingerprint density at radius 2 is 1.70 bits per heavy atom. The summed E-state index contributed by atoms with van der Waals surface area (Å²) in [5.41, 5.74) is 1.04. The van der Waals surface area contributed by atoms with Crippen LogP contribution in [0, 0.1) is 5.92 Å². The molecule has 0 radical (unpaired) electrons. The smallest absolute Gasteiger partial charge is 0.256 e. The first-order valence-corrected chi connectivity index (χ1v) is 10.5. The monoisotopic (exact) mass is 426 g/mol. The van der Waals surface area contributed by atoms with Gasteiger partial charge in [-0.05, 0) is 22.9 Å². The second-order valence-electron chi connectivity index (χ2n) is 6.73. The third kappa shape index (κ3) is 7.17. The Morgan fingerprint density at radius 1 is 1.00 bits per heavy atom. The molecule has 0 spiro atoms. The molecule has 1 aromatic carbocycles. The number of benzene rings is 1. The molecule has 1 heterocycles. The lowest BCUT2D eigenvalue weighted by molar-refractivity contribution is -0.140. The lowest BCUT2D eigenvalue weighted by atomic mass is 10.2. The van der Waals surface area contributed by atoms with Crippen LogP contribution in [0.2, 0.25) is 0 Å². The number of halogens is 2. The summed E-state index contributed by atoms with van der Waals surface area (Å²) in [6.07, 6.45) is 0. The summed E-state index contributed by atoms with van der Waals surface area (Å²) >= 11 is 13.1. The van der Waals surface area contributed by atoms with Crippen LogP contribution in [0.5, 0.6) is 0 Å². The van der Waals surface area contributed by atoms with E-state index in [1.54, 1.807) is 16.2 Å². The lowest BCUT2D eigenvalue weighted by Gasteiger charge is -2.29. The molecule has 0 aliphatic heterocycles. The van der Waals surface area contributed by atoms with Crippen LogP contribution < -0.4 is 0 Å². The van der Waals surface area contributed by atoms with E-state index in [1.807, 2.05) is 61.7 Å². The standard InChI is InChI=1S/C20H24Cl2N2O2S/c1-15(2)11-24(20(26)19(21)22)14-18(25)23(13-17-9-6-10-27-17)12-16-7-4-3-5-8-16/h3-10,15,19H,11-14H2,1-2H3. The predicted octanol–water partition coefficient (Wildman–Crippen LogP) is 4.57. The zero-order valence-corrected chi connectivity index (χ0v) is 17.8. The van der Waals surface area contributed by atoms with Gasteiger partial charge in [-0.2, -0.15) is 0 Å². The van der Waals surface area contributed by atoms with E-state index in [0.29, 0.717) is 19.6 Å². The summed E-state index contributed by atoms with van der Waals surface area (Å²) < 4.78 is 0. The average Bonchev–Trinajstić information content (AvgIpc) is 3.13. The van der Waals surface area contributed by atoms with Crippen molar-refractivity contribution in [3.05, 3.63) is 58.3 Å². The normalized spacial score (nSPS) is 11.0. The second-order valence-corrected chi connectivity index (χ2v) is 8.86. The highest BCUT2D eigenvalue weighted by Crippen LogP contribution is 2.16. The van der Waals surface area contributed by atoms with Crippen molar-refractivity contribution < 1.29 is 9.59 Å². The van der Waals surface area contributed by atoms with Crippen molar-refractivity contribution in [2.24, 2.45) is 5.92 Å². The van der Waals surface area contributed by atoms with E-state index >= 15 is 0 Å². The average molecular weight is 427 g/mol. The van der Waals surface area contributed by atoms with Crippen LogP contribution in [0.3, 0.4) is 0 Å². The van der Waals surface area contributed by atoms with Crippen LogP contribution in [0.25, 0.3) is 0 Å². The number of carbonyl (C=O) groups excluding carboxylic acids is 2. The van der Waals surface area contributed by atoms with Gasteiger partial charge in [0.25, 0.3) is 5.91 Å². The maximum Gasteiger partial charge on any atom is 0.256 e. The number of hydrogen-bond donors (Lipinski definition) is 0. The number of carbonyl (C=O) groups is 2. The molecule has 27 heavy (non-hydrogen) atoms. The van der Waals surface area contributed by atoms with Gasteiger partial charge in [-0.1, -0.05) is 73.4 Å². The van der Waals surface area contributed by atoms with Gasteiger partial charge in [0.05, 0.1) is 13.1 Å². The van der Waals surface area contributed by atoms with Crippen LogP contribution in [0.1, 0.15) is 24.3 Å². The first kappa shape index (κ1) is 21.7. The fraction of sp³-hybridized carbons (Fsp3) is 0.400. The van der Waals surface area contributed by atoms with E-state index in [9.17, 15) is 9.59 Å². The quantitative estimate of drug-likeness (QED) is 0.551. The minimum absolute atomic E-state index is 0.0365. The third-order valence-electron chi connectivity index (χ3n) is 3.91. The zero-order chi connectivity index (χ0) is 19.8. The number of thiophene rings is 1. The summed E-state index contributed by atoms with van der Waals surface area (Å²) in [4.78, 5) is 28.5. The molecule has 0 N–H and O–H groups in total. The summed E-state index contributed by atoms with van der Waals surface area (Å²) in [7, 11) is 0. The van der Waals surface area contributed by atoms with Gasteiger partial charge in [0.2, 0.25) is 5.91 Å². The summed E-state index contributed by atoms with van der Waals surface area (Å²) in [5.74, 6) is -0.361. The van der Waals surface area contributed by atoms with Crippen LogP contribution >= 0.6 is 34.5 Å². The van der Waals surface area contributed by atoms with Crippen molar-refractivity contribution >= 4 is 46.4 Å². The zero-order valence-electron chi connectivity index (χ0n) is 15.5. The molecule has 1 aromatic heterocycles. The molecule has 0 aliphatic rings. The Balaban J connectivity index is 2.16. The van der Waals surface area contributed by atoms with Gasteiger partial charge in [0.15, 0.2) is 4.84 Å². The van der Waals surface area contributed by atoms with Gasteiger partial charge < -0.3 is 9.80 Å². The number of amides is 2. The highest BCUT2D eigenvalue weighted by molar-refractivity contribution is 7.09. The maximum atomic E-state index is 13.0. The van der Waals surface area contributed by atoms with Gasteiger partial charge in [-0.3, -0.25) is 9.59 Å². The molecule has 4 nitrogen and oxygen atoms in total. The highest BCUT2D eigenvalue weighted by Gasteiger charge is 2.26. The van der Waals surface area contributed by atoms with Gasteiger partial charge in [-0.25, -0.2) is 0 Å². The molecule has 7 heteroatoms. The lowest BCUT2D eigenvalue weighted by Crippen LogP contribution is -2.45. The molecule has 0 aliphatic carbocycles. The molecule has 0 bridgehead atoms. The van der Waals surface area contributed by atoms with E-state index in [2.05, 4.69) is 0 Å². The van der Waals surface area contributed by atoms with Crippen LogP contribution in [0.4, 0.5) is 0 Å². The van der Waals surface area contributed by atoms with Crippen molar-refractivity contribution in [1.82, 2.24) is 9.80 Å². The van der Waals surface area contributed by atoms with Crippen LogP contribution in [-0.2, 0) is 22.7 Å². The molecule has 2 aromatic rings. The first-order chi connectivity index (χ1) is 12.9. The van der Waals surface area contributed by atoms with E-state index in [-0.39, 0.29) is 18.4 Å². The fourth-order valence-corrected chi connectivity index (χ4v) is 3.70. The Hall–Kier alpha value is -1.56. The van der Waals surface area contributed by atoms with Gasteiger partial charge in [-0.15, -0.1) is 11.3 Å². The minimum atomic E-state index is -1.17. The molecule has 0 saturated carbocycles. The SMILES string of the molecule is CC(C)CN(CC(=O)N(Cc1ccccc1)Cc1cccs1)C(=O)C(Cl)Cl. The predicted molar refractivity (Wildman–Crippen MR) is 112 cm³/mol. The van der Waals surface area contributed by atoms with Crippen molar-refractivity contribution in [1.29, 1.82) is 0 Å². The van der Waals surface area contributed by atoms with Crippen molar-refractivity contribution in [2.75, 3.05) is 13.1 Å². The second kappa shape index (κ2) is 10.7. The van der Waals surface area contributed by atoms with Gasteiger partial charge >= 0.3 is 0 Å². The largest absolute Gasteiger partial charge is 0.332 e. The Kier molecular flexibility index (Phi) is 8.61. The van der Waals surface area contributed by atoms with Gasteiger partial charge in [0.1, 0.15) is 0 Å². The molecule has 0 saturated heterocycles. The molecule has 0 atom stereocenters. The minimum Gasteiger partial charge on any atom is -0.332 e. The number of nitrogens with zero attached hydrogens (tertiary/aromatic N) is 2. The topological polar surface area (TPSA) is 40.6 Å². The van der Waals surface area contributed by atoms with E-state index in [4.69, 9.17) is 23.2 Å². The van der Waals surface area contributed by atoms with Gasteiger partial charge in [0, 0.05) is 18.0 Å². The van der Waals surface area contributed by atoms with E-state index < -0.39 is 10.7 Å². The third-order valence-corrected chi connectivity index (χ3v) is 5.14. The molecule has 2 amide bonds. The molecular formula is C20H24Cl2N2O2S. The van der Waals surface area contributed by atoms with Crippen molar-refractivity contribution in [3.63, 3.8) is 0 Å². The summed E-state index contributed by atoms with van der Waals surface area (Å²) in [6.45, 7) is 5.34. The fourth-order valence-electron chi connectivity index (χ4n) is 2.70. The number of rotatable bonds is 9. The molecule has 0 unspecified atom stereocenters.